The molecule has 0 saturated carbocycles. The molecule has 0 fully saturated rings. The fourth-order valence-corrected chi connectivity index (χ4v) is 12.3. The van der Waals surface area contributed by atoms with Crippen LogP contribution in [-0.2, 0) is 10.8 Å². The van der Waals surface area contributed by atoms with Crippen molar-refractivity contribution in [3.63, 3.8) is 0 Å². The summed E-state index contributed by atoms with van der Waals surface area (Å²) in [6.45, 7) is 0. The third kappa shape index (κ3) is 4.87. The number of fused-ring (bicyclic) bond motifs is 15. The maximum absolute atomic E-state index is 2.44. The molecule has 14 rings (SSSR count). The van der Waals surface area contributed by atoms with E-state index in [-0.39, 0.29) is 0 Å². The minimum Gasteiger partial charge on any atom is -0.310 e. The fraction of sp³-hybridized carbons (Fsp3) is 0.0312. The predicted octanol–water partition coefficient (Wildman–Crippen LogP) is 16.0. The van der Waals surface area contributed by atoms with Crippen LogP contribution in [0, 0.1) is 0 Å². The van der Waals surface area contributed by atoms with Crippen LogP contribution in [0.3, 0.4) is 0 Å². The van der Waals surface area contributed by atoms with Gasteiger partial charge in [0.15, 0.2) is 0 Å². The fourth-order valence-electron chi connectivity index (χ4n) is 12.3. The minimum absolute atomic E-state index is 0.397. The Kier molecular flexibility index (Phi) is 7.59. The first-order valence-corrected chi connectivity index (χ1v) is 22.7. The van der Waals surface area contributed by atoms with Gasteiger partial charge in [0.1, 0.15) is 0 Å². The van der Waals surface area contributed by atoms with Crippen LogP contribution in [0.15, 0.2) is 237 Å². The van der Waals surface area contributed by atoms with Gasteiger partial charge >= 0.3 is 0 Å². The minimum atomic E-state index is -0.397. The largest absolute Gasteiger partial charge is 0.310 e. The Morgan fingerprint density at radius 1 is 0.262 bits per heavy atom. The molecule has 0 aromatic heterocycles. The molecule has 4 aliphatic rings. The number of rotatable bonds is 5. The monoisotopic (exact) mass is 823 g/mol. The number of hydrogen-bond acceptors (Lipinski definition) is 1. The van der Waals surface area contributed by atoms with Gasteiger partial charge in [-0.05, 0) is 148 Å². The van der Waals surface area contributed by atoms with Gasteiger partial charge in [0.25, 0.3) is 0 Å². The van der Waals surface area contributed by atoms with Crippen LogP contribution in [0.2, 0.25) is 0 Å². The molecule has 0 amide bonds. The number of allylic oxidation sites excluding steroid dienone is 2. The molecule has 4 aliphatic carbocycles. The maximum atomic E-state index is 2.44. The molecule has 0 bridgehead atoms. The van der Waals surface area contributed by atoms with Crippen molar-refractivity contribution in [3.8, 4) is 22.3 Å². The standard InChI is InChI=1S/C64H41N/c1-2-16-45-39-50(38-29-42(45)15-1)65(48-34-30-43(31-35-48)61-40-46-17-3-9-23-55(46)63(61)57-25-11-5-19-51(57)52-20-6-12-26-58(52)63)49-36-32-44(33-37-49)62-41-47-18-4-10-24-56(47)64(62)59-27-13-7-21-53(59)54-22-8-14-28-60(54)64/h1-41H. The van der Waals surface area contributed by atoms with E-state index in [1.165, 1.54) is 99.8 Å². The molecule has 1 heteroatoms. The molecular weight excluding hydrogens is 783 g/mol. The van der Waals surface area contributed by atoms with E-state index in [0.29, 0.717) is 0 Å². The highest BCUT2D eigenvalue weighted by Gasteiger charge is 2.52. The molecule has 1 nitrogen and oxygen atoms in total. The number of nitrogens with zero attached hydrogens (tertiary/aromatic N) is 1. The van der Waals surface area contributed by atoms with E-state index < -0.39 is 10.8 Å². The zero-order valence-corrected chi connectivity index (χ0v) is 35.6. The maximum Gasteiger partial charge on any atom is 0.0725 e. The highest BCUT2D eigenvalue weighted by atomic mass is 15.1. The zero-order valence-electron chi connectivity index (χ0n) is 35.6. The molecule has 0 aliphatic heterocycles. The van der Waals surface area contributed by atoms with E-state index >= 15 is 0 Å². The molecular formula is C64H41N. The van der Waals surface area contributed by atoms with Gasteiger partial charge in [0.05, 0.1) is 10.8 Å². The molecule has 0 heterocycles. The second-order valence-corrected chi connectivity index (χ2v) is 17.9. The van der Waals surface area contributed by atoms with Gasteiger partial charge in [0.2, 0.25) is 0 Å². The van der Waals surface area contributed by atoms with Crippen LogP contribution in [0.5, 0.6) is 0 Å². The molecule has 10 aromatic carbocycles. The van der Waals surface area contributed by atoms with E-state index in [9.17, 15) is 0 Å². The normalized spacial score (nSPS) is 14.9. The van der Waals surface area contributed by atoms with Crippen molar-refractivity contribution in [2.75, 3.05) is 4.90 Å². The van der Waals surface area contributed by atoms with Crippen molar-refractivity contribution in [1.82, 2.24) is 0 Å². The van der Waals surface area contributed by atoms with Gasteiger partial charge in [-0.25, -0.2) is 0 Å². The Labute approximate surface area is 379 Å². The Hall–Kier alpha value is -8.26. The van der Waals surface area contributed by atoms with Crippen LogP contribution in [-0.4, -0.2) is 0 Å². The zero-order chi connectivity index (χ0) is 42.7. The first kappa shape index (κ1) is 36.2. The first-order valence-electron chi connectivity index (χ1n) is 22.7. The van der Waals surface area contributed by atoms with Crippen molar-refractivity contribution in [3.05, 3.63) is 292 Å². The molecule has 2 spiro atoms. The first-order chi connectivity index (χ1) is 32.2. The van der Waals surface area contributed by atoms with Crippen molar-refractivity contribution >= 4 is 51.1 Å². The summed E-state index contributed by atoms with van der Waals surface area (Å²) in [5.41, 5.74) is 23.6. The van der Waals surface area contributed by atoms with Gasteiger partial charge in [0, 0.05) is 17.1 Å². The van der Waals surface area contributed by atoms with Crippen molar-refractivity contribution in [2.24, 2.45) is 0 Å². The van der Waals surface area contributed by atoms with Crippen LogP contribution in [0.4, 0.5) is 17.1 Å². The molecule has 65 heavy (non-hydrogen) atoms. The molecule has 0 unspecified atom stereocenters. The summed E-state index contributed by atoms with van der Waals surface area (Å²) in [5, 5.41) is 2.44. The summed E-state index contributed by atoms with van der Waals surface area (Å²) in [6, 6.07) is 88.2. The number of hydrogen-bond donors (Lipinski definition) is 0. The van der Waals surface area contributed by atoms with E-state index in [2.05, 4.69) is 254 Å². The van der Waals surface area contributed by atoms with Crippen molar-refractivity contribution in [2.45, 2.75) is 10.8 Å². The smallest absolute Gasteiger partial charge is 0.0725 e. The van der Waals surface area contributed by atoms with Crippen molar-refractivity contribution in [1.29, 1.82) is 0 Å². The Morgan fingerprint density at radius 3 is 1.03 bits per heavy atom. The van der Waals surface area contributed by atoms with Gasteiger partial charge in [-0.15, -0.1) is 0 Å². The van der Waals surface area contributed by atoms with Gasteiger partial charge < -0.3 is 4.90 Å². The second-order valence-electron chi connectivity index (χ2n) is 17.9. The van der Waals surface area contributed by atoms with Crippen LogP contribution in [0.1, 0.15) is 55.6 Å². The number of anilines is 3. The van der Waals surface area contributed by atoms with Crippen molar-refractivity contribution < 1.29 is 0 Å². The summed E-state index contributed by atoms with van der Waals surface area (Å²) < 4.78 is 0. The van der Waals surface area contributed by atoms with E-state index in [1.54, 1.807) is 0 Å². The summed E-state index contributed by atoms with van der Waals surface area (Å²) in [6.07, 6.45) is 4.87. The second kappa shape index (κ2) is 13.6. The van der Waals surface area contributed by atoms with Gasteiger partial charge in [-0.1, -0.05) is 200 Å². The SMILES string of the molecule is C1=C(c2ccc(N(c3ccc(C4=Cc5ccccc5C45c4ccccc4-c4ccccc45)cc3)c3ccc4ccccc4c3)cc2)C2(c3ccccc31)c1ccccc1-c1ccccc12. The van der Waals surface area contributed by atoms with Gasteiger partial charge in [-0.2, -0.15) is 0 Å². The Bertz CT molecular complexity index is 3360. The summed E-state index contributed by atoms with van der Waals surface area (Å²) in [5.74, 6) is 0. The lowest BCUT2D eigenvalue weighted by Crippen LogP contribution is -2.26. The summed E-state index contributed by atoms with van der Waals surface area (Å²) in [4.78, 5) is 2.42. The van der Waals surface area contributed by atoms with Crippen LogP contribution in [0.25, 0.3) is 56.3 Å². The lowest BCUT2D eigenvalue weighted by Gasteiger charge is -2.33. The Balaban J connectivity index is 0.907. The molecule has 0 saturated heterocycles. The highest BCUT2D eigenvalue weighted by molar-refractivity contribution is 6.07. The molecule has 0 atom stereocenters. The molecule has 0 radical (unpaired) electrons. The summed E-state index contributed by atoms with van der Waals surface area (Å²) in [7, 11) is 0. The quantitative estimate of drug-likeness (QED) is 0.167. The van der Waals surface area contributed by atoms with E-state index in [1.807, 2.05) is 0 Å². The van der Waals surface area contributed by atoms with E-state index in [4.69, 9.17) is 0 Å². The van der Waals surface area contributed by atoms with Gasteiger partial charge in [-0.3, -0.25) is 0 Å². The molecule has 0 N–H and O–H groups in total. The van der Waals surface area contributed by atoms with E-state index in [0.717, 1.165) is 17.1 Å². The third-order valence-corrected chi connectivity index (χ3v) is 14.9. The van der Waals surface area contributed by atoms with Crippen LogP contribution < -0.4 is 4.90 Å². The highest BCUT2D eigenvalue weighted by Crippen LogP contribution is 2.64. The third-order valence-electron chi connectivity index (χ3n) is 14.9. The topological polar surface area (TPSA) is 3.24 Å². The predicted molar refractivity (Wildman–Crippen MR) is 271 cm³/mol. The lowest BCUT2D eigenvalue weighted by molar-refractivity contribution is 0.842. The lowest BCUT2D eigenvalue weighted by atomic mass is 9.68. The summed E-state index contributed by atoms with van der Waals surface area (Å²) >= 11 is 0. The molecule has 302 valence electrons. The Morgan fingerprint density at radius 2 is 0.600 bits per heavy atom. The van der Waals surface area contributed by atoms with Crippen LogP contribution >= 0.6 is 0 Å². The average Bonchev–Trinajstić information content (AvgIpc) is 4.09. The average molecular weight is 824 g/mol. The molecule has 10 aromatic rings. The number of benzene rings is 10.